The number of nitro benzene ring substituents is 1. The summed E-state index contributed by atoms with van der Waals surface area (Å²) < 4.78 is 0. The monoisotopic (exact) mass is 296 g/mol. The molecule has 2 aromatic rings. The van der Waals surface area contributed by atoms with Crippen LogP contribution in [0.5, 0.6) is 0 Å². The zero-order valence-corrected chi connectivity index (χ0v) is 11.8. The van der Waals surface area contributed by atoms with Crippen LogP contribution in [0.25, 0.3) is 0 Å². The van der Waals surface area contributed by atoms with Gasteiger partial charge >= 0.3 is 0 Å². The van der Waals surface area contributed by atoms with E-state index in [4.69, 9.17) is 0 Å². The highest BCUT2D eigenvalue weighted by Crippen LogP contribution is 2.33. The Morgan fingerprint density at radius 2 is 1.73 bits per heavy atom. The van der Waals surface area contributed by atoms with Crippen LogP contribution in [0, 0.1) is 10.1 Å². The van der Waals surface area contributed by atoms with Crippen molar-refractivity contribution >= 4 is 23.2 Å². The average molecular weight is 296 g/mol. The molecule has 6 nitrogen and oxygen atoms in total. The standard InChI is InChI=1S/C16H12N2O4/c1-2-10-6-8-11(9-7-10)17-15(19)12-4-3-5-13(18(21)22)14(12)16(17)20/h3-9H,2H2,1H3. The van der Waals surface area contributed by atoms with Crippen molar-refractivity contribution in [2.45, 2.75) is 13.3 Å². The first kappa shape index (κ1) is 13.9. The molecule has 0 aliphatic carbocycles. The fourth-order valence-electron chi connectivity index (χ4n) is 2.53. The maximum atomic E-state index is 12.5. The van der Waals surface area contributed by atoms with Gasteiger partial charge in [-0.05, 0) is 30.2 Å². The molecular formula is C16H12N2O4. The van der Waals surface area contributed by atoms with E-state index in [1.165, 1.54) is 18.2 Å². The molecule has 110 valence electrons. The van der Waals surface area contributed by atoms with Gasteiger partial charge in [0.15, 0.2) is 0 Å². The van der Waals surface area contributed by atoms with Crippen molar-refractivity contribution in [3.8, 4) is 0 Å². The Bertz CT molecular complexity index is 796. The molecule has 0 spiro atoms. The minimum atomic E-state index is -0.656. The lowest BCUT2D eigenvalue weighted by atomic mass is 10.1. The van der Waals surface area contributed by atoms with Crippen LogP contribution < -0.4 is 4.90 Å². The Labute approximate surface area is 126 Å². The van der Waals surface area contributed by atoms with Crippen LogP contribution in [0.15, 0.2) is 42.5 Å². The van der Waals surface area contributed by atoms with E-state index in [9.17, 15) is 19.7 Å². The fourth-order valence-corrected chi connectivity index (χ4v) is 2.53. The summed E-state index contributed by atoms with van der Waals surface area (Å²) in [7, 11) is 0. The largest absolute Gasteiger partial charge is 0.283 e. The summed E-state index contributed by atoms with van der Waals surface area (Å²) in [6.07, 6.45) is 0.841. The van der Waals surface area contributed by atoms with Gasteiger partial charge in [-0.3, -0.25) is 19.7 Å². The number of carbonyl (C=O) groups is 2. The predicted molar refractivity (Wildman–Crippen MR) is 80.1 cm³/mol. The second kappa shape index (κ2) is 5.07. The number of anilines is 1. The van der Waals surface area contributed by atoms with Crippen LogP contribution in [0.4, 0.5) is 11.4 Å². The molecule has 0 N–H and O–H groups in total. The van der Waals surface area contributed by atoms with Gasteiger partial charge in [0, 0.05) is 6.07 Å². The molecule has 2 amide bonds. The summed E-state index contributed by atoms with van der Waals surface area (Å²) in [5.41, 5.74) is 1.07. The molecule has 0 fully saturated rings. The van der Waals surface area contributed by atoms with E-state index in [-0.39, 0.29) is 16.8 Å². The Morgan fingerprint density at radius 3 is 2.32 bits per heavy atom. The predicted octanol–water partition coefficient (Wildman–Crippen LogP) is 2.96. The fraction of sp³-hybridized carbons (Fsp3) is 0.125. The minimum absolute atomic E-state index is 0.0683. The van der Waals surface area contributed by atoms with Crippen molar-refractivity contribution in [2.24, 2.45) is 0 Å². The molecule has 3 rings (SSSR count). The maximum absolute atomic E-state index is 12.5. The SMILES string of the molecule is CCc1ccc(N2C(=O)c3cccc([N+](=O)[O-])c3C2=O)cc1. The van der Waals surface area contributed by atoms with Crippen molar-refractivity contribution in [1.29, 1.82) is 0 Å². The molecule has 22 heavy (non-hydrogen) atoms. The average Bonchev–Trinajstić information content (AvgIpc) is 2.79. The first-order chi connectivity index (χ1) is 10.5. The Morgan fingerprint density at radius 1 is 1.05 bits per heavy atom. The van der Waals surface area contributed by atoms with Crippen LogP contribution >= 0.6 is 0 Å². The summed E-state index contributed by atoms with van der Waals surface area (Å²) in [4.78, 5) is 36.3. The van der Waals surface area contributed by atoms with Gasteiger partial charge in [-0.2, -0.15) is 0 Å². The van der Waals surface area contributed by atoms with Crippen molar-refractivity contribution < 1.29 is 14.5 Å². The highest BCUT2D eigenvalue weighted by molar-refractivity contribution is 6.35. The molecule has 2 aromatic carbocycles. The summed E-state index contributed by atoms with van der Waals surface area (Å²) in [5.74, 6) is -1.19. The Hall–Kier alpha value is -3.02. The molecule has 0 radical (unpaired) electrons. The van der Waals surface area contributed by atoms with Crippen LogP contribution in [0.3, 0.4) is 0 Å². The number of imide groups is 1. The van der Waals surface area contributed by atoms with Crippen LogP contribution in [-0.4, -0.2) is 16.7 Å². The van der Waals surface area contributed by atoms with Gasteiger partial charge in [0.2, 0.25) is 0 Å². The maximum Gasteiger partial charge on any atom is 0.283 e. The normalized spacial score (nSPS) is 13.4. The lowest BCUT2D eigenvalue weighted by Gasteiger charge is -2.14. The summed E-state index contributed by atoms with van der Waals surface area (Å²) in [5, 5.41) is 11.1. The van der Waals surface area contributed by atoms with E-state index < -0.39 is 16.7 Å². The molecule has 1 heterocycles. The summed E-state index contributed by atoms with van der Waals surface area (Å²) in [6.45, 7) is 2.00. The molecule has 1 aliphatic rings. The number of hydrogen-bond donors (Lipinski definition) is 0. The van der Waals surface area contributed by atoms with Gasteiger partial charge in [-0.1, -0.05) is 25.1 Å². The minimum Gasteiger partial charge on any atom is -0.268 e. The van der Waals surface area contributed by atoms with Gasteiger partial charge < -0.3 is 0 Å². The third kappa shape index (κ3) is 1.96. The number of fused-ring (bicyclic) bond motifs is 1. The smallest absolute Gasteiger partial charge is 0.268 e. The van der Waals surface area contributed by atoms with Gasteiger partial charge in [-0.15, -0.1) is 0 Å². The van der Waals surface area contributed by atoms with Crippen LogP contribution in [0.1, 0.15) is 33.2 Å². The van der Waals surface area contributed by atoms with E-state index in [1.807, 2.05) is 19.1 Å². The third-order valence-corrected chi connectivity index (χ3v) is 3.69. The number of carbonyl (C=O) groups excluding carboxylic acids is 2. The van der Waals surface area contributed by atoms with E-state index in [1.54, 1.807) is 12.1 Å². The number of nitro groups is 1. The zero-order valence-electron chi connectivity index (χ0n) is 11.8. The molecule has 0 saturated carbocycles. The van der Waals surface area contributed by atoms with Crippen LogP contribution in [-0.2, 0) is 6.42 Å². The third-order valence-electron chi connectivity index (χ3n) is 3.69. The van der Waals surface area contributed by atoms with Crippen molar-refractivity contribution in [3.63, 3.8) is 0 Å². The first-order valence-corrected chi connectivity index (χ1v) is 6.79. The highest BCUT2D eigenvalue weighted by Gasteiger charge is 2.41. The topological polar surface area (TPSA) is 80.5 Å². The molecular weight excluding hydrogens is 284 g/mol. The van der Waals surface area contributed by atoms with Crippen molar-refractivity contribution in [3.05, 3.63) is 69.3 Å². The Kier molecular flexibility index (Phi) is 3.21. The first-order valence-electron chi connectivity index (χ1n) is 6.79. The quantitative estimate of drug-likeness (QED) is 0.495. The molecule has 6 heteroatoms. The van der Waals surface area contributed by atoms with Gasteiger partial charge in [-0.25, -0.2) is 4.90 Å². The van der Waals surface area contributed by atoms with E-state index >= 15 is 0 Å². The number of nitrogens with zero attached hydrogens (tertiary/aromatic N) is 2. The lowest BCUT2D eigenvalue weighted by Crippen LogP contribution is -2.29. The number of amides is 2. The van der Waals surface area contributed by atoms with Gasteiger partial charge in [0.1, 0.15) is 5.56 Å². The van der Waals surface area contributed by atoms with Gasteiger partial charge in [0.05, 0.1) is 16.2 Å². The molecule has 0 atom stereocenters. The lowest BCUT2D eigenvalue weighted by molar-refractivity contribution is -0.385. The van der Waals surface area contributed by atoms with Crippen LogP contribution in [0.2, 0.25) is 0 Å². The molecule has 0 aromatic heterocycles. The van der Waals surface area contributed by atoms with E-state index in [2.05, 4.69) is 0 Å². The molecule has 0 unspecified atom stereocenters. The highest BCUT2D eigenvalue weighted by atomic mass is 16.6. The number of aryl methyl sites for hydroxylation is 1. The van der Waals surface area contributed by atoms with Gasteiger partial charge in [0.25, 0.3) is 17.5 Å². The van der Waals surface area contributed by atoms with E-state index in [0.29, 0.717) is 5.69 Å². The second-order valence-electron chi connectivity index (χ2n) is 4.92. The second-order valence-corrected chi connectivity index (χ2v) is 4.92. The molecule has 0 bridgehead atoms. The number of hydrogen-bond acceptors (Lipinski definition) is 4. The van der Waals surface area contributed by atoms with Crippen molar-refractivity contribution in [2.75, 3.05) is 4.90 Å². The summed E-state index contributed by atoms with van der Waals surface area (Å²) >= 11 is 0. The number of rotatable bonds is 3. The number of benzene rings is 2. The van der Waals surface area contributed by atoms with E-state index in [0.717, 1.165) is 16.9 Å². The van der Waals surface area contributed by atoms with Crippen molar-refractivity contribution in [1.82, 2.24) is 0 Å². The Balaban J connectivity index is 2.10. The summed E-state index contributed by atoms with van der Waals surface area (Å²) in [6, 6.07) is 11.1. The molecule has 0 saturated heterocycles. The zero-order chi connectivity index (χ0) is 15.9. The molecule has 1 aliphatic heterocycles.